The molecule has 1 aromatic carbocycles. The van der Waals surface area contributed by atoms with Crippen molar-refractivity contribution in [2.45, 2.75) is 39.2 Å². The third kappa shape index (κ3) is 3.51. The van der Waals surface area contributed by atoms with Crippen molar-refractivity contribution in [2.75, 3.05) is 11.9 Å². The molecule has 7 nitrogen and oxygen atoms in total. The molecule has 1 aliphatic rings. The van der Waals surface area contributed by atoms with Gasteiger partial charge in [0.2, 0.25) is 5.95 Å². The van der Waals surface area contributed by atoms with Gasteiger partial charge < -0.3 is 10.1 Å². The van der Waals surface area contributed by atoms with Crippen LogP contribution in [0.2, 0.25) is 5.02 Å². The van der Waals surface area contributed by atoms with E-state index in [0.717, 1.165) is 24.8 Å². The smallest absolute Gasteiger partial charge is 0.338 e. The molecule has 0 fully saturated rings. The fraction of sp³-hybridized carbons (Fsp3) is 0.412. The monoisotopic (exact) mass is 361 g/mol. The van der Waals surface area contributed by atoms with E-state index in [1.807, 2.05) is 25.1 Å². The van der Waals surface area contributed by atoms with E-state index < -0.39 is 6.04 Å². The van der Waals surface area contributed by atoms with E-state index in [2.05, 4.69) is 27.8 Å². The number of carbonyl (C=O) groups excluding carboxylic acids is 1. The summed E-state index contributed by atoms with van der Waals surface area (Å²) in [5, 5.41) is 15.3. The van der Waals surface area contributed by atoms with Gasteiger partial charge in [0.1, 0.15) is 6.04 Å². The average molecular weight is 362 g/mol. The van der Waals surface area contributed by atoms with Gasteiger partial charge in [-0.1, -0.05) is 54.7 Å². The molecule has 0 amide bonds. The second kappa shape index (κ2) is 7.65. The normalized spacial score (nSPS) is 16.4. The summed E-state index contributed by atoms with van der Waals surface area (Å²) in [5.41, 5.74) is 1.87. The molecule has 0 unspecified atom stereocenters. The summed E-state index contributed by atoms with van der Waals surface area (Å²) in [6.07, 6.45) is 2.93. The number of fused-ring (bicyclic) bond motifs is 1. The summed E-state index contributed by atoms with van der Waals surface area (Å²) < 4.78 is 7.03. The van der Waals surface area contributed by atoms with Gasteiger partial charge in [-0.25, -0.2) is 4.79 Å². The number of ether oxygens (including phenoxy) is 1. The quantitative estimate of drug-likeness (QED) is 0.627. The van der Waals surface area contributed by atoms with E-state index in [0.29, 0.717) is 28.8 Å². The van der Waals surface area contributed by atoms with Crippen LogP contribution in [0.3, 0.4) is 0 Å². The predicted octanol–water partition coefficient (Wildman–Crippen LogP) is 3.35. The fourth-order valence-electron chi connectivity index (χ4n) is 2.86. The first-order valence-electron chi connectivity index (χ1n) is 8.30. The number of aromatic nitrogens is 4. The van der Waals surface area contributed by atoms with Crippen molar-refractivity contribution < 1.29 is 9.53 Å². The van der Waals surface area contributed by atoms with Crippen LogP contribution in [0.4, 0.5) is 5.95 Å². The lowest BCUT2D eigenvalue weighted by Crippen LogP contribution is -2.30. The van der Waals surface area contributed by atoms with Crippen LogP contribution in [0.25, 0.3) is 0 Å². The summed E-state index contributed by atoms with van der Waals surface area (Å²) >= 11 is 6.38. The number of tetrazole rings is 1. The number of unbranched alkanes of at least 4 members (excludes halogenated alkanes) is 2. The Morgan fingerprint density at radius 1 is 1.36 bits per heavy atom. The maximum absolute atomic E-state index is 12.8. The van der Waals surface area contributed by atoms with E-state index >= 15 is 0 Å². The largest absolute Gasteiger partial charge is 0.462 e. The summed E-state index contributed by atoms with van der Waals surface area (Å²) in [6.45, 7) is 4.30. The molecule has 1 aliphatic heterocycles. The second-order valence-corrected chi connectivity index (χ2v) is 6.29. The first-order chi connectivity index (χ1) is 12.1. The Kier molecular flexibility index (Phi) is 5.33. The van der Waals surface area contributed by atoms with Crippen molar-refractivity contribution in [1.82, 2.24) is 20.2 Å². The molecule has 0 saturated carbocycles. The van der Waals surface area contributed by atoms with Crippen LogP contribution in [0.15, 0.2) is 35.5 Å². The Hall–Kier alpha value is -2.41. The van der Waals surface area contributed by atoms with E-state index in [9.17, 15) is 4.79 Å². The Bertz CT molecular complexity index is 802. The van der Waals surface area contributed by atoms with Crippen LogP contribution < -0.4 is 5.32 Å². The van der Waals surface area contributed by atoms with Crippen molar-refractivity contribution in [3.8, 4) is 0 Å². The zero-order valence-electron chi connectivity index (χ0n) is 14.2. The molecule has 0 aliphatic carbocycles. The van der Waals surface area contributed by atoms with Crippen molar-refractivity contribution in [3.05, 3.63) is 46.1 Å². The molecular weight excluding hydrogens is 342 g/mol. The minimum atomic E-state index is -0.529. The molecule has 1 atom stereocenters. The zero-order valence-corrected chi connectivity index (χ0v) is 15.0. The van der Waals surface area contributed by atoms with Gasteiger partial charge in [-0.3, -0.25) is 0 Å². The highest BCUT2D eigenvalue weighted by atomic mass is 35.5. The molecule has 1 aromatic heterocycles. The van der Waals surface area contributed by atoms with Gasteiger partial charge in [0.15, 0.2) is 0 Å². The molecule has 0 saturated heterocycles. The Labute approximate surface area is 151 Å². The highest BCUT2D eigenvalue weighted by Crippen LogP contribution is 2.37. The van der Waals surface area contributed by atoms with Crippen LogP contribution in [0, 0.1) is 0 Å². The van der Waals surface area contributed by atoms with Crippen molar-refractivity contribution in [3.63, 3.8) is 0 Å². The molecule has 1 N–H and O–H groups in total. The number of allylic oxidation sites excluding steroid dienone is 1. The highest BCUT2D eigenvalue weighted by Gasteiger charge is 2.35. The van der Waals surface area contributed by atoms with Gasteiger partial charge in [0.05, 0.1) is 12.2 Å². The SMILES string of the molecule is CCCCCOC(=O)C1=C(C)Nc2nnnn2[C@@H]1c1ccccc1Cl. The molecule has 3 rings (SSSR count). The molecule has 2 heterocycles. The van der Waals surface area contributed by atoms with E-state index in [4.69, 9.17) is 16.3 Å². The molecule has 8 heteroatoms. The number of nitrogens with one attached hydrogen (secondary N) is 1. The van der Waals surface area contributed by atoms with Gasteiger partial charge in [0.25, 0.3) is 0 Å². The Morgan fingerprint density at radius 3 is 2.92 bits per heavy atom. The molecule has 0 bridgehead atoms. The van der Waals surface area contributed by atoms with Gasteiger partial charge in [0, 0.05) is 16.3 Å². The predicted molar refractivity (Wildman–Crippen MR) is 94.2 cm³/mol. The molecule has 2 aromatic rings. The van der Waals surface area contributed by atoms with Crippen LogP contribution in [0.5, 0.6) is 0 Å². The average Bonchev–Trinajstić information content (AvgIpc) is 3.06. The van der Waals surface area contributed by atoms with Crippen LogP contribution in [-0.2, 0) is 9.53 Å². The molecular formula is C17H20ClN5O2. The number of benzene rings is 1. The van der Waals surface area contributed by atoms with Gasteiger partial charge in [-0.15, -0.1) is 0 Å². The lowest BCUT2D eigenvalue weighted by Gasteiger charge is -2.27. The van der Waals surface area contributed by atoms with Gasteiger partial charge in [-0.2, -0.15) is 4.68 Å². The summed E-state index contributed by atoms with van der Waals surface area (Å²) in [4.78, 5) is 12.8. The minimum Gasteiger partial charge on any atom is -0.462 e. The van der Waals surface area contributed by atoms with Crippen molar-refractivity contribution >= 4 is 23.5 Å². The lowest BCUT2D eigenvalue weighted by molar-refractivity contribution is -0.139. The topological polar surface area (TPSA) is 81.9 Å². The number of rotatable bonds is 6. The molecule has 0 spiro atoms. The second-order valence-electron chi connectivity index (χ2n) is 5.88. The summed E-state index contributed by atoms with van der Waals surface area (Å²) in [6, 6.07) is 6.82. The standard InChI is InChI=1S/C17H20ClN5O2/c1-3-4-7-10-25-16(24)14-11(2)19-17-20-21-22-23(17)15(14)12-8-5-6-9-13(12)18/h5-6,8-9,15H,3-4,7,10H2,1-2H3,(H,19,20,22)/t15-/m1/s1. The summed E-state index contributed by atoms with van der Waals surface area (Å²) in [5.74, 6) is 0.0807. The number of carbonyl (C=O) groups is 1. The van der Waals surface area contributed by atoms with Gasteiger partial charge in [-0.05, 0) is 29.8 Å². The molecule has 25 heavy (non-hydrogen) atoms. The molecule has 0 radical (unpaired) electrons. The maximum Gasteiger partial charge on any atom is 0.338 e. The van der Waals surface area contributed by atoms with Gasteiger partial charge >= 0.3 is 5.97 Å². The van der Waals surface area contributed by atoms with Crippen molar-refractivity contribution in [2.24, 2.45) is 0 Å². The third-order valence-corrected chi connectivity index (χ3v) is 4.46. The molecule has 132 valence electrons. The van der Waals surface area contributed by atoms with E-state index in [1.165, 1.54) is 0 Å². The Morgan fingerprint density at radius 2 is 2.16 bits per heavy atom. The third-order valence-electron chi connectivity index (χ3n) is 4.11. The van der Waals surface area contributed by atoms with Crippen LogP contribution >= 0.6 is 11.6 Å². The number of hydrogen-bond acceptors (Lipinski definition) is 6. The zero-order chi connectivity index (χ0) is 17.8. The Balaban J connectivity index is 1.96. The van der Waals surface area contributed by atoms with Crippen molar-refractivity contribution in [1.29, 1.82) is 0 Å². The van der Waals surface area contributed by atoms with Crippen LogP contribution in [-0.4, -0.2) is 32.8 Å². The first-order valence-corrected chi connectivity index (χ1v) is 8.68. The fourth-order valence-corrected chi connectivity index (χ4v) is 3.09. The first kappa shape index (κ1) is 17.4. The maximum atomic E-state index is 12.8. The number of esters is 1. The lowest BCUT2D eigenvalue weighted by atomic mass is 9.96. The summed E-state index contributed by atoms with van der Waals surface area (Å²) in [7, 11) is 0. The van der Waals surface area contributed by atoms with E-state index in [-0.39, 0.29) is 5.97 Å². The number of hydrogen-bond donors (Lipinski definition) is 1. The number of halogens is 1. The van der Waals surface area contributed by atoms with E-state index in [1.54, 1.807) is 10.7 Å². The van der Waals surface area contributed by atoms with Crippen LogP contribution in [0.1, 0.15) is 44.7 Å². The highest BCUT2D eigenvalue weighted by molar-refractivity contribution is 6.31. The number of nitrogens with zero attached hydrogens (tertiary/aromatic N) is 4. The number of anilines is 1. The minimum absolute atomic E-state index is 0.382.